The van der Waals surface area contributed by atoms with Crippen molar-refractivity contribution < 1.29 is 8.42 Å². The van der Waals surface area contributed by atoms with E-state index in [4.69, 9.17) is 5.73 Å². The molecule has 2 rings (SSSR count). The molecule has 2 N–H and O–H groups in total. The highest BCUT2D eigenvalue weighted by atomic mass is 32.2. The average molecular weight is 310 g/mol. The van der Waals surface area contributed by atoms with Crippen molar-refractivity contribution in [1.29, 1.82) is 0 Å². The van der Waals surface area contributed by atoms with Gasteiger partial charge in [0.1, 0.15) is 0 Å². The van der Waals surface area contributed by atoms with Crippen LogP contribution in [0, 0.1) is 19.8 Å². The van der Waals surface area contributed by atoms with Crippen molar-refractivity contribution in [3.63, 3.8) is 0 Å². The van der Waals surface area contributed by atoms with Gasteiger partial charge in [0.25, 0.3) is 0 Å². The van der Waals surface area contributed by atoms with E-state index in [1.807, 2.05) is 6.92 Å². The molecular weight excluding hydrogens is 284 g/mol. The zero-order chi connectivity index (χ0) is 15.8. The van der Waals surface area contributed by atoms with Crippen LogP contribution in [0.2, 0.25) is 0 Å². The van der Waals surface area contributed by atoms with Gasteiger partial charge in [-0.25, -0.2) is 8.42 Å². The first kappa shape index (κ1) is 16.3. The molecule has 0 atom stereocenters. The van der Waals surface area contributed by atoms with Crippen LogP contribution in [0.5, 0.6) is 0 Å². The first-order valence-electron chi connectivity index (χ1n) is 7.62. The van der Waals surface area contributed by atoms with E-state index in [-0.39, 0.29) is 6.04 Å². The summed E-state index contributed by atoms with van der Waals surface area (Å²) in [5, 5.41) is 0. The van der Waals surface area contributed by atoms with E-state index in [0.29, 0.717) is 28.6 Å². The lowest BCUT2D eigenvalue weighted by Gasteiger charge is -2.25. The van der Waals surface area contributed by atoms with Gasteiger partial charge in [-0.05, 0) is 56.2 Å². The van der Waals surface area contributed by atoms with Crippen LogP contribution in [-0.2, 0) is 10.0 Å². The molecule has 0 aromatic heterocycles. The number of nitrogens with two attached hydrogens (primary N) is 1. The first-order valence-corrected chi connectivity index (χ1v) is 9.06. The molecule has 5 heteroatoms. The van der Waals surface area contributed by atoms with Crippen LogP contribution in [0.3, 0.4) is 0 Å². The fraction of sp³-hybridized carbons (Fsp3) is 0.625. The molecule has 21 heavy (non-hydrogen) atoms. The normalized spacial score (nSPS) is 15.9. The maximum Gasteiger partial charge on any atom is 0.243 e. The first-order chi connectivity index (χ1) is 9.75. The summed E-state index contributed by atoms with van der Waals surface area (Å²) < 4.78 is 27.9. The Morgan fingerprint density at radius 2 is 1.90 bits per heavy atom. The highest BCUT2D eigenvalue weighted by Crippen LogP contribution is 2.35. The summed E-state index contributed by atoms with van der Waals surface area (Å²) in [4.78, 5) is 0.401. The molecule has 1 aliphatic rings. The minimum Gasteiger partial charge on any atom is -0.398 e. The molecule has 0 saturated heterocycles. The van der Waals surface area contributed by atoms with Crippen molar-refractivity contribution in [3.05, 3.63) is 23.3 Å². The molecule has 1 saturated carbocycles. The summed E-state index contributed by atoms with van der Waals surface area (Å²) >= 11 is 0. The van der Waals surface area contributed by atoms with Gasteiger partial charge >= 0.3 is 0 Å². The number of hydrogen-bond acceptors (Lipinski definition) is 3. The summed E-state index contributed by atoms with van der Waals surface area (Å²) in [7, 11) is -3.46. The third-order valence-electron chi connectivity index (χ3n) is 4.09. The molecule has 1 aliphatic carbocycles. The number of hydrogen-bond donors (Lipinski definition) is 1. The molecule has 0 unspecified atom stereocenters. The van der Waals surface area contributed by atoms with Gasteiger partial charge in [0.2, 0.25) is 10.0 Å². The molecule has 0 radical (unpaired) electrons. The standard InChI is InChI=1S/C16H26N2O2S/c1-11(2)9-10-18(14-6-7-14)21(19,20)16-12(3)5-8-15(17)13(16)4/h5,8,11,14H,6-7,9-10,17H2,1-4H3. The predicted molar refractivity (Wildman–Crippen MR) is 86.7 cm³/mol. The summed E-state index contributed by atoms with van der Waals surface area (Å²) in [6.07, 6.45) is 2.83. The van der Waals surface area contributed by atoms with Crippen molar-refractivity contribution in [1.82, 2.24) is 4.31 Å². The van der Waals surface area contributed by atoms with Gasteiger partial charge in [0.05, 0.1) is 4.90 Å². The lowest BCUT2D eigenvalue weighted by Crippen LogP contribution is -2.35. The topological polar surface area (TPSA) is 63.4 Å². The second-order valence-electron chi connectivity index (χ2n) is 6.46. The lowest BCUT2D eigenvalue weighted by molar-refractivity contribution is 0.373. The van der Waals surface area contributed by atoms with E-state index >= 15 is 0 Å². The second-order valence-corrected chi connectivity index (χ2v) is 8.28. The maximum atomic E-state index is 13.1. The number of aryl methyl sites for hydroxylation is 1. The van der Waals surface area contributed by atoms with Gasteiger partial charge in [-0.3, -0.25) is 0 Å². The number of benzene rings is 1. The minimum absolute atomic E-state index is 0.175. The highest BCUT2D eigenvalue weighted by Gasteiger charge is 2.39. The van der Waals surface area contributed by atoms with Crippen molar-refractivity contribution in [2.45, 2.75) is 57.9 Å². The third kappa shape index (κ3) is 3.40. The van der Waals surface area contributed by atoms with Crippen LogP contribution in [0.4, 0.5) is 5.69 Å². The Morgan fingerprint density at radius 3 is 2.43 bits per heavy atom. The third-order valence-corrected chi connectivity index (χ3v) is 6.33. The van der Waals surface area contributed by atoms with Crippen LogP contribution >= 0.6 is 0 Å². The van der Waals surface area contributed by atoms with E-state index in [2.05, 4.69) is 13.8 Å². The molecule has 0 aliphatic heterocycles. The van der Waals surface area contributed by atoms with Crippen molar-refractivity contribution in [2.75, 3.05) is 12.3 Å². The van der Waals surface area contributed by atoms with Gasteiger partial charge < -0.3 is 5.73 Å². The number of nitrogens with zero attached hydrogens (tertiary/aromatic N) is 1. The second kappa shape index (κ2) is 5.97. The molecule has 0 heterocycles. The van der Waals surface area contributed by atoms with Gasteiger partial charge in [-0.2, -0.15) is 4.31 Å². The van der Waals surface area contributed by atoms with Gasteiger partial charge in [0.15, 0.2) is 0 Å². The zero-order valence-electron chi connectivity index (χ0n) is 13.4. The molecule has 0 amide bonds. The van der Waals surface area contributed by atoms with Crippen molar-refractivity contribution in [2.24, 2.45) is 5.92 Å². The average Bonchev–Trinajstić information content (AvgIpc) is 3.18. The van der Waals surface area contributed by atoms with Crippen LogP contribution in [0.15, 0.2) is 17.0 Å². The fourth-order valence-electron chi connectivity index (χ4n) is 2.60. The quantitative estimate of drug-likeness (QED) is 0.821. The number of anilines is 1. The summed E-state index contributed by atoms with van der Waals surface area (Å²) in [6.45, 7) is 8.47. The number of nitrogen functional groups attached to an aromatic ring is 1. The number of sulfonamides is 1. The Labute approximate surface area is 128 Å². The van der Waals surface area contributed by atoms with Crippen LogP contribution in [0.1, 0.15) is 44.2 Å². The SMILES string of the molecule is Cc1ccc(N)c(C)c1S(=O)(=O)N(CCC(C)C)C1CC1. The minimum atomic E-state index is -3.46. The van der Waals surface area contributed by atoms with E-state index in [1.165, 1.54) is 0 Å². The van der Waals surface area contributed by atoms with E-state index in [1.54, 1.807) is 23.4 Å². The largest absolute Gasteiger partial charge is 0.398 e. The molecule has 118 valence electrons. The Morgan fingerprint density at radius 1 is 1.29 bits per heavy atom. The summed E-state index contributed by atoms with van der Waals surface area (Å²) in [5.41, 5.74) is 7.90. The maximum absolute atomic E-state index is 13.1. The Bertz CT molecular complexity index is 619. The Kier molecular flexibility index (Phi) is 4.63. The van der Waals surface area contributed by atoms with E-state index < -0.39 is 10.0 Å². The molecular formula is C16H26N2O2S. The van der Waals surface area contributed by atoms with Crippen molar-refractivity contribution in [3.8, 4) is 0 Å². The lowest BCUT2D eigenvalue weighted by atomic mass is 10.1. The van der Waals surface area contributed by atoms with E-state index in [0.717, 1.165) is 24.8 Å². The molecule has 1 fully saturated rings. The molecule has 4 nitrogen and oxygen atoms in total. The van der Waals surface area contributed by atoms with Gasteiger partial charge in [-0.1, -0.05) is 19.9 Å². The van der Waals surface area contributed by atoms with Gasteiger partial charge in [0, 0.05) is 18.3 Å². The summed E-state index contributed by atoms with van der Waals surface area (Å²) in [5.74, 6) is 0.490. The molecule has 0 bridgehead atoms. The van der Waals surface area contributed by atoms with Crippen LogP contribution in [-0.4, -0.2) is 25.3 Å². The highest BCUT2D eigenvalue weighted by molar-refractivity contribution is 7.89. The Balaban J connectivity index is 2.41. The fourth-order valence-corrected chi connectivity index (χ4v) is 4.77. The van der Waals surface area contributed by atoms with Gasteiger partial charge in [-0.15, -0.1) is 0 Å². The van der Waals surface area contributed by atoms with Crippen LogP contribution < -0.4 is 5.73 Å². The van der Waals surface area contributed by atoms with E-state index in [9.17, 15) is 8.42 Å². The predicted octanol–water partition coefficient (Wildman–Crippen LogP) is 3.08. The number of rotatable bonds is 6. The molecule has 0 spiro atoms. The van der Waals surface area contributed by atoms with Crippen molar-refractivity contribution >= 4 is 15.7 Å². The zero-order valence-corrected chi connectivity index (χ0v) is 14.2. The molecule has 1 aromatic rings. The molecule has 1 aromatic carbocycles. The monoisotopic (exact) mass is 310 g/mol. The Hall–Kier alpha value is -1.07. The smallest absolute Gasteiger partial charge is 0.243 e. The summed E-state index contributed by atoms with van der Waals surface area (Å²) in [6, 6.07) is 3.75. The van der Waals surface area contributed by atoms with Crippen LogP contribution in [0.25, 0.3) is 0 Å².